The number of amides is 2. The summed E-state index contributed by atoms with van der Waals surface area (Å²) in [4.78, 5) is 13.1. The van der Waals surface area contributed by atoms with E-state index in [9.17, 15) is 4.79 Å². The monoisotopic (exact) mass is 294 g/mol. The van der Waals surface area contributed by atoms with Crippen molar-refractivity contribution in [2.75, 3.05) is 5.32 Å². The molecule has 0 aliphatic rings. The van der Waals surface area contributed by atoms with Crippen LogP contribution in [-0.2, 0) is 6.67 Å². The summed E-state index contributed by atoms with van der Waals surface area (Å²) in [7, 11) is 0. The average Bonchev–Trinajstić information content (AvgIpc) is 3.04. The molecule has 0 saturated heterocycles. The van der Waals surface area contributed by atoms with Crippen LogP contribution in [0.25, 0.3) is 11.4 Å². The Morgan fingerprint density at radius 2 is 1.68 bits per heavy atom. The van der Waals surface area contributed by atoms with E-state index >= 15 is 0 Å². The zero-order chi connectivity index (χ0) is 15.2. The molecule has 3 rings (SSSR count). The second-order valence-electron chi connectivity index (χ2n) is 4.51. The van der Waals surface area contributed by atoms with Crippen molar-refractivity contribution >= 4 is 11.7 Å². The highest BCUT2D eigenvalue weighted by Crippen LogP contribution is 2.11. The number of urea groups is 1. The molecule has 0 saturated carbocycles. The van der Waals surface area contributed by atoms with Crippen LogP contribution < -0.4 is 10.6 Å². The Hall–Kier alpha value is -3.22. The first kappa shape index (κ1) is 13.7. The van der Waals surface area contributed by atoms with Gasteiger partial charge in [-0.1, -0.05) is 48.5 Å². The number of benzene rings is 2. The third kappa shape index (κ3) is 3.45. The number of nitrogens with one attached hydrogen (secondary N) is 2. The van der Waals surface area contributed by atoms with E-state index in [4.69, 9.17) is 0 Å². The van der Waals surface area contributed by atoms with E-state index in [0.29, 0.717) is 5.82 Å². The number of para-hydroxylation sites is 1. The van der Waals surface area contributed by atoms with E-state index < -0.39 is 0 Å². The first-order valence-corrected chi connectivity index (χ1v) is 6.74. The summed E-state index contributed by atoms with van der Waals surface area (Å²) >= 11 is 0. The summed E-state index contributed by atoms with van der Waals surface area (Å²) in [6.45, 7) is 0.137. The fourth-order valence-electron chi connectivity index (χ4n) is 1.85. The quantitative estimate of drug-likeness (QED) is 0.772. The van der Waals surface area contributed by atoms with Crippen molar-refractivity contribution < 1.29 is 4.79 Å². The minimum absolute atomic E-state index is 0.137. The van der Waals surface area contributed by atoms with Crippen LogP contribution in [-0.4, -0.2) is 26.2 Å². The van der Waals surface area contributed by atoms with Gasteiger partial charge in [0.25, 0.3) is 0 Å². The first-order chi connectivity index (χ1) is 10.8. The topological polar surface area (TPSA) is 84.7 Å². The second kappa shape index (κ2) is 6.49. The van der Waals surface area contributed by atoms with Crippen LogP contribution in [0.3, 0.4) is 0 Å². The summed E-state index contributed by atoms with van der Waals surface area (Å²) in [6, 6.07) is 18.4. The molecule has 0 spiro atoms. The summed E-state index contributed by atoms with van der Waals surface area (Å²) in [5.41, 5.74) is 1.60. The predicted molar refractivity (Wildman–Crippen MR) is 81.8 cm³/mol. The fraction of sp³-hybridized carbons (Fsp3) is 0.0667. The zero-order valence-electron chi connectivity index (χ0n) is 11.7. The largest absolute Gasteiger partial charge is 0.320 e. The van der Waals surface area contributed by atoms with Crippen molar-refractivity contribution in [3.8, 4) is 11.4 Å². The number of nitrogens with zero attached hydrogens (tertiary/aromatic N) is 4. The molecule has 2 amide bonds. The molecule has 0 unspecified atom stereocenters. The van der Waals surface area contributed by atoms with Crippen molar-refractivity contribution in [1.29, 1.82) is 0 Å². The molecular weight excluding hydrogens is 280 g/mol. The van der Waals surface area contributed by atoms with Crippen molar-refractivity contribution in [1.82, 2.24) is 25.5 Å². The van der Waals surface area contributed by atoms with Gasteiger partial charge in [-0.2, -0.15) is 0 Å². The van der Waals surface area contributed by atoms with Gasteiger partial charge in [0.2, 0.25) is 5.82 Å². The Kier molecular flexibility index (Phi) is 4.05. The average molecular weight is 294 g/mol. The van der Waals surface area contributed by atoms with Gasteiger partial charge < -0.3 is 10.6 Å². The molecule has 110 valence electrons. The van der Waals surface area contributed by atoms with Gasteiger partial charge in [-0.05, 0) is 17.3 Å². The van der Waals surface area contributed by atoms with Crippen molar-refractivity contribution in [3.05, 3.63) is 60.7 Å². The highest BCUT2D eigenvalue weighted by atomic mass is 16.2. The summed E-state index contributed by atoms with van der Waals surface area (Å²) in [5.74, 6) is 0.519. The van der Waals surface area contributed by atoms with E-state index in [1.54, 1.807) is 12.1 Å². The lowest BCUT2D eigenvalue weighted by molar-refractivity contribution is 0.248. The molecule has 2 N–H and O–H groups in total. The number of hydrogen-bond donors (Lipinski definition) is 2. The number of hydrogen-bond acceptors (Lipinski definition) is 4. The van der Waals surface area contributed by atoms with E-state index in [-0.39, 0.29) is 12.7 Å². The Morgan fingerprint density at radius 3 is 2.41 bits per heavy atom. The minimum Gasteiger partial charge on any atom is -0.317 e. The Labute approximate surface area is 127 Å². The third-order valence-electron chi connectivity index (χ3n) is 2.90. The molecule has 7 nitrogen and oxygen atoms in total. The van der Waals surface area contributed by atoms with Crippen molar-refractivity contribution in [2.24, 2.45) is 0 Å². The van der Waals surface area contributed by atoms with Gasteiger partial charge >= 0.3 is 6.03 Å². The Bertz CT molecular complexity index is 741. The molecule has 0 aliphatic heterocycles. The number of aromatic nitrogens is 4. The lowest BCUT2D eigenvalue weighted by Crippen LogP contribution is -2.31. The molecule has 1 aromatic heterocycles. The number of tetrazole rings is 1. The van der Waals surface area contributed by atoms with Gasteiger partial charge in [-0.3, -0.25) is 0 Å². The van der Waals surface area contributed by atoms with Crippen LogP contribution in [0, 0.1) is 0 Å². The summed E-state index contributed by atoms with van der Waals surface area (Å²) < 4.78 is 0. The van der Waals surface area contributed by atoms with Crippen LogP contribution in [0.15, 0.2) is 60.7 Å². The SMILES string of the molecule is O=C(NCn1nnc(-c2ccccc2)n1)Nc1ccccc1. The minimum atomic E-state index is -0.329. The number of rotatable bonds is 4. The number of anilines is 1. The molecule has 0 fully saturated rings. The van der Waals surface area contributed by atoms with Gasteiger partial charge in [0.15, 0.2) is 0 Å². The molecule has 0 radical (unpaired) electrons. The van der Waals surface area contributed by atoms with E-state index in [2.05, 4.69) is 26.0 Å². The highest BCUT2D eigenvalue weighted by molar-refractivity contribution is 5.88. The maximum absolute atomic E-state index is 11.8. The van der Waals surface area contributed by atoms with Gasteiger partial charge in [-0.25, -0.2) is 4.79 Å². The third-order valence-corrected chi connectivity index (χ3v) is 2.90. The molecule has 0 bridgehead atoms. The van der Waals surface area contributed by atoms with Crippen LogP contribution in [0.4, 0.5) is 10.5 Å². The zero-order valence-corrected chi connectivity index (χ0v) is 11.7. The smallest absolute Gasteiger partial charge is 0.317 e. The van der Waals surface area contributed by atoms with Crippen LogP contribution in [0.5, 0.6) is 0 Å². The summed E-state index contributed by atoms with van der Waals surface area (Å²) in [5, 5.41) is 17.4. The molecule has 0 atom stereocenters. The van der Waals surface area contributed by atoms with Crippen LogP contribution >= 0.6 is 0 Å². The summed E-state index contributed by atoms with van der Waals surface area (Å²) in [6.07, 6.45) is 0. The number of carbonyl (C=O) groups excluding carboxylic acids is 1. The molecule has 7 heteroatoms. The number of carbonyl (C=O) groups is 1. The molecule has 22 heavy (non-hydrogen) atoms. The van der Waals surface area contributed by atoms with E-state index in [1.165, 1.54) is 4.80 Å². The second-order valence-corrected chi connectivity index (χ2v) is 4.51. The van der Waals surface area contributed by atoms with Gasteiger partial charge in [-0.15, -0.1) is 15.0 Å². The van der Waals surface area contributed by atoms with Crippen molar-refractivity contribution in [3.63, 3.8) is 0 Å². The van der Waals surface area contributed by atoms with Crippen molar-refractivity contribution in [2.45, 2.75) is 6.67 Å². The lowest BCUT2D eigenvalue weighted by Gasteiger charge is -2.06. The molecule has 0 aliphatic carbocycles. The van der Waals surface area contributed by atoms with Gasteiger partial charge in [0.1, 0.15) is 6.67 Å². The molecule has 2 aromatic carbocycles. The Morgan fingerprint density at radius 1 is 1.00 bits per heavy atom. The lowest BCUT2D eigenvalue weighted by atomic mass is 10.2. The fourth-order valence-corrected chi connectivity index (χ4v) is 1.85. The Balaban J connectivity index is 1.56. The first-order valence-electron chi connectivity index (χ1n) is 6.74. The normalized spacial score (nSPS) is 10.2. The standard InChI is InChI=1S/C15H14N6O/c22-15(17-13-9-5-2-6-10-13)16-11-21-19-14(18-20-21)12-7-3-1-4-8-12/h1-10H,11H2,(H2,16,17,22). The van der Waals surface area contributed by atoms with E-state index in [0.717, 1.165) is 11.3 Å². The molecular formula is C15H14N6O. The highest BCUT2D eigenvalue weighted by Gasteiger charge is 2.06. The van der Waals surface area contributed by atoms with E-state index in [1.807, 2.05) is 48.5 Å². The van der Waals surface area contributed by atoms with Gasteiger partial charge in [0, 0.05) is 11.3 Å². The molecule has 3 aromatic rings. The predicted octanol–water partition coefficient (Wildman–Crippen LogP) is 2.12. The van der Waals surface area contributed by atoms with Crippen LogP contribution in [0.1, 0.15) is 0 Å². The van der Waals surface area contributed by atoms with Crippen LogP contribution in [0.2, 0.25) is 0 Å². The molecule has 1 heterocycles. The maximum atomic E-state index is 11.8. The maximum Gasteiger partial charge on any atom is 0.320 e. The van der Waals surface area contributed by atoms with Gasteiger partial charge in [0.05, 0.1) is 0 Å².